The van der Waals surface area contributed by atoms with E-state index in [0.717, 1.165) is 48.3 Å². The second kappa shape index (κ2) is 12.4. The molecule has 188 valence electrons. The van der Waals surface area contributed by atoms with Crippen molar-refractivity contribution in [1.82, 2.24) is 10.6 Å². The maximum absolute atomic E-state index is 13.5. The summed E-state index contributed by atoms with van der Waals surface area (Å²) in [4.78, 5) is 26.0. The van der Waals surface area contributed by atoms with Crippen molar-refractivity contribution in [2.45, 2.75) is 67.9 Å². The molecule has 35 heavy (non-hydrogen) atoms. The molecule has 1 saturated carbocycles. The lowest BCUT2D eigenvalue weighted by Crippen LogP contribution is -2.59. The normalized spacial score (nSPS) is 18.5. The first kappa shape index (κ1) is 26.2. The molecule has 1 aliphatic heterocycles. The van der Waals surface area contributed by atoms with Crippen molar-refractivity contribution in [3.8, 4) is 0 Å². The highest BCUT2D eigenvalue weighted by atomic mass is 32.2. The highest BCUT2D eigenvalue weighted by Crippen LogP contribution is 2.56. The van der Waals surface area contributed by atoms with E-state index < -0.39 is 5.54 Å². The van der Waals surface area contributed by atoms with E-state index in [1.807, 2.05) is 35.7 Å². The van der Waals surface area contributed by atoms with Crippen molar-refractivity contribution in [2.24, 2.45) is 5.92 Å². The number of carbonyl (C=O) groups excluding carboxylic acids is 2. The lowest BCUT2D eigenvalue weighted by molar-refractivity contribution is -0.126. The van der Waals surface area contributed by atoms with Crippen LogP contribution in [-0.2, 0) is 15.1 Å². The molecule has 4 nitrogen and oxygen atoms in total. The summed E-state index contributed by atoms with van der Waals surface area (Å²) < 4.78 is -0.251. The first-order valence-electron chi connectivity index (χ1n) is 13.0. The Bertz CT molecular complexity index is 916. The predicted octanol–water partition coefficient (Wildman–Crippen LogP) is 6.11. The number of hydrogen-bond donors (Lipinski definition) is 2. The van der Waals surface area contributed by atoms with E-state index in [1.54, 1.807) is 0 Å². The lowest BCUT2D eigenvalue weighted by atomic mass is 9.79. The van der Waals surface area contributed by atoms with E-state index in [-0.39, 0.29) is 21.8 Å². The molecule has 1 aliphatic carbocycles. The Morgan fingerprint density at radius 2 is 1.46 bits per heavy atom. The first-order valence-corrected chi connectivity index (χ1v) is 15.0. The van der Waals surface area contributed by atoms with Gasteiger partial charge in [-0.1, -0.05) is 79.9 Å². The smallest absolute Gasteiger partial charge is 0.223 e. The Hall–Kier alpha value is -1.92. The van der Waals surface area contributed by atoms with Crippen molar-refractivity contribution in [2.75, 3.05) is 18.1 Å². The van der Waals surface area contributed by atoms with Gasteiger partial charge in [0.15, 0.2) is 0 Å². The molecule has 2 fully saturated rings. The van der Waals surface area contributed by atoms with Gasteiger partial charge in [-0.05, 0) is 55.2 Å². The SMILES string of the molecule is CC1(C(NC(=O)CCCNC(=O)C2CCCCC2)(c2ccccc2)c2ccccc2)SCCCS1. The number of amides is 2. The summed E-state index contributed by atoms with van der Waals surface area (Å²) >= 11 is 3.89. The van der Waals surface area contributed by atoms with Crippen LogP contribution in [0.25, 0.3) is 0 Å². The molecule has 0 bridgehead atoms. The topological polar surface area (TPSA) is 58.2 Å². The molecule has 2 amide bonds. The van der Waals surface area contributed by atoms with Gasteiger partial charge in [0.1, 0.15) is 5.54 Å². The summed E-state index contributed by atoms with van der Waals surface area (Å²) in [5.41, 5.74) is 1.55. The number of carbonyl (C=O) groups is 2. The number of benzene rings is 2. The van der Waals surface area contributed by atoms with Crippen LogP contribution in [0.15, 0.2) is 60.7 Å². The van der Waals surface area contributed by atoms with E-state index in [1.165, 1.54) is 12.8 Å². The molecule has 0 aromatic heterocycles. The van der Waals surface area contributed by atoms with Gasteiger partial charge in [-0.25, -0.2) is 0 Å². The highest BCUT2D eigenvalue weighted by molar-refractivity contribution is 8.18. The largest absolute Gasteiger partial charge is 0.356 e. The van der Waals surface area contributed by atoms with Crippen LogP contribution in [0.5, 0.6) is 0 Å². The molecule has 2 aliphatic rings. The third-order valence-electron chi connectivity index (χ3n) is 7.32. The van der Waals surface area contributed by atoms with E-state index >= 15 is 0 Å². The molecule has 1 heterocycles. The molecule has 6 heteroatoms. The van der Waals surface area contributed by atoms with Gasteiger partial charge < -0.3 is 10.6 Å². The molecule has 0 spiro atoms. The van der Waals surface area contributed by atoms with Crippen LogP contribution in [-0.4, -0.2) is 33.9 Å². The Balaban J connectivity index is 1.51. The minimum absolute atomic E-state index is 0.0256. The van der Waals surface area contributed by atoms with Gasteiger partial charge in [0.2, 0.25) is 11.8 Å². The summed E-state index contributed by atoms with van der Waals surface area (Å²) in [6.45, 7) is 2.83. The molecule has 0 radical (unpaired) electrons. The highest BCUT2D eigenvalue weighted by Gasteiger charge is 2.53. The monoisotopic (exact) mass is 510 g/mol. The van der Waals surface area contributed by atoms with Crippen LogP contribution >= 0.6 is 23.5 Å². The third kappa shape index (κ3) is 6.08. The van der Waals surface area contributed by atoms with Crippen LogP contribution in [0, 0.1) is 5.92 Å². The van der Waals surface area contributed by atoms with Crippen LogP contribution in [0.4, 0.5) is 0 Å². The molecule has 0 atom stereocenters. The van der Waals surface area contributed by atoms with Crippen molar-refractivity contribution in [3.63, 3.8) is 0 Å². The van der Waals surface area contributed by atoms with Gasteiger partial charge in [0, 0.05) is 18.9 Å². The van der Waals surface area contributed by atoms with Crippen LogP contribution in [0.1, 0.15) is 69.4 Å². The minimum atomic E-state index is -0.659. The number of nitrogens with one attached hydrogen (secondary N) is 2. The molecule has 2 aromatic carbocycles. The average molecular weight is 511 g/mol. The summed E-state index contributed by atoms with van der Waals surface area (Å²) in [7, 11) is 0. The Morgan fingerprint density at radius 3 is 2.03 bits per heavy atom. The third-order valence-corrected chi connectivity index (χ3v) is 10.7. The van der Waals surface area contributed by atoms with E-state index in [2.05, 4.69) is 66.1 Å². The standard InChI is InChI=1S/C29H38N2O2S2/c1-28(34-21-12-22-35-28)29(24-15-7-3-8-16-24,25-17-9-4-10-18-25)31-26(32)19-11-20-30-27(33)23-13-5-2-6-14-23/h3-4,7-10,15-18,23H,2,5-6,11-14,19-22H2,1H3,(H,30,33)(H,31,32). The summed E-state index contributed by atoms with van der Waals surface area (Å²) in [5.74, 6) is 2.50. The van der Waals surface area contributed by atoms with Crippen molar-refractivity contribution in [3.05, 3.63) is 71.8 Å². The molecule has 4 rings (SSSR count). The predicted molar refractivity (Wildman–Crippen MR) is 149 cm³/mol. The van der Waals surface area contributed by atoms with Crippen LogP contribution in [0.3, 0.4) is 0 Å². The summed E-state index contributed by atoms with van der Waals surface area (Å²) in [6, 6.07) is 20.8. The zero-order chi connectivity index (χ0) is 24.6. The fourth-order valence-electron chi connectivity index (χ4n) is 5.42. The van der Waals surface area contributed by atoms with E-state index in [9.17, 15) is 9.59 Å². The van der Waals surface area contributed by atoms with Gasteiger partial charge in [0.25, 0.3) is 0 Å². The second-order valence-electron chi connectivity index (χ2n) is 9.76. The zero-order valence-electron chi connectivity index (χ0n) is 20.8. The Morgan fingerprint density at radius 1 is 0.886 bits per heavy atom. The van der Waals surface area contributed by atoms with E-state index in [4.69, 9.17) is 0 Å². The van der Waals surface area contributed by atoms with Gasteiger partial charge >= 0.3 is 0 Å². The average Bonchev–Trinajstić information content (AvgIpc) is 2.91. The van der Waals surface area contributed by atoms with Crippen LogP contribution < -0.4 is 10.6 Å². The van der Waals surface area contributed by atoms with Gasteiger partial charge in [-0.2, -0.15) is 0 Å². The summed E-state index contributed by atoms with van der Waals surface area (Å²) in [5, 5.41) is 6.61. The number of hydrogen-bond acceptors (Lipinski definition) is 4. The molecular weight excluding hydrogens is 472 g/mol. The second-order valence-corrected chi connectivity index (χ2v) is 13.0. The van der Waals surface area contributed by atoms with Gasteiger partial charge in [-0.3, -0.25) is 9.59 Å². The number of thioether (sulfide) groups is 2. The van der Waals surface area contributed by atoms with Crippen LogP contribution in [0.2, 0.25) is 0 Å². The maximum Gasteiger partial charge on any atom is 0.223 e. The zero-order valence-corrected chi connectivity index (χ0v) is 22.4. The van der Waals surface area contributed by atoms with Crippen molar-refractivity contribution < 1.29 is 9.59 Å². The first-order chi connectivity index (χ1) is 17.1. The number of rotatable bonds is 9. The van der Waals surface area contributed by atoms with Crippen molar-refractivity contribution >= 4 is 35.3 Å². The molecule has 2 aromatic rings. The fraction of sp³-hybridized carbons (Fsp3) is 0.517. The van der Waals surface area contributed by atoms with E-state index in [0.29, 0.717) is 19.4 Å². The summed E-state index contributed by atoms with van der Waals surface area (Å²) in [6.07, 6.45) is 7.74. The molecular formula is C29H38N2O2S2. The van der Waals surface area contributed by atoms with Gasteiger partial charge in [-0.15, -0.1) is 23.5 Å². The van der Waals surface area contributed by atoms with Gasteiger partial charge in [0.05, 0.1) is 4.08 Å². The quantitative estimate of drug-likeness (QED) is 0.400. The Kier molecular flexibility index (Phi) is 9.23. The molecule has 0 unspecified atom stereocenters. The lowest BCUT2D eigenvalue weighted by Gasteiger charge is -2.50. The minimum Gasteiger partial charge on any atom is -0.356 e. The molecule has 1 saturated heterocycles. The fourth-order valence-corrected chi connectivity index (χ4v) is 8.80. The molecule has 2 N–H and O–H groups in total. The maximum atomic E-state index is 13.5. The van der Waals surface area contributed by atoms with Crippen molar-refractivity contribution in [1.29, 1.82) is 0 Å². The Labute approximate surface area is 218 Å².